The second-order valence-electron chi connectivity index (χ2n) is 4.18. The van der Waals surface area contributed by atoms with Crippen molar-refractivity contribution in [2.75, 3.05) is 26.2 Å². The van der Waals surface area contributed by atoms with Gasteiger partial charge in [-0.1, -0.05) is 6.92 Å². The van der Waals surface area contributed by atoms with Gasteiger partial charge in [-0.25, -0.2) is 0 Å². The van der Waals surface area contributed by atoms with Gasteiger partial charge in [-0.15, -0.1) is 12.4 Å². The molecule has 6 heteroatoms. The van der Waals surface area contributed by atoms with Crippen LogP contribution in [0.3, 0.4) is 0 Å². The predicted molar refractivity (Wildman–Crippen MR) is 69.2 cm³/mol. The van der Waals surface area contributed by atoms with Gasteiger partial charge in [-0.05, 0) is 19.9 Å². The highest BCUT2D eigenvalue weighted by Crippen LogP contribution is 2.08. The molecule has 1 fully saturated rings. The largest absolute Gasteiger partial charge is 0.353 e. The molecule has 0 aromatic rings. The zero-order valence-electron chi connectivity index (χ0n) is 10.5. The van der Waals surface area contributed by atoms with E-state index in [1.807, 2.05) is 13.8 Å². The first-order valence-electron chi connectivity index (χ1n) is 5.91. The van der Waals surface area contributed by atoms with Crippen molar-refractivity contribution in [1.82, 2.24) is 15.5 Å². The van der Waals surface area contributed by atoms with Gasteiger partial charge >= 0.3 is 0 Å². The molecule has 17 heavy (non-hydrogen) atoms. The van der Waals surface area contributed by atoms with Gasteiger partial charge in [-0.3, -0.25) is 9.59 Å². The maximum Gasteiger partial charge on any atom is 0.239 e. The van der Waals surface area contributed by atoms with Gasteiger partial charge in [0.05, 0.1) is 6.54 Å². The molecule has 2 amide bonds. The van der Waals surface area contributed by atoms with Crippen LogP contribution in [0.1, 0.15) is 26.7 Å². The lowest BCUT2D eigenvalue weighted by Crippen LogP contribution is -2.43. The number of carbonyl (C=O) groups excluding carboxylic acids is 2. The maximum atomic E-state index is 11.5. The van der Waals surface area contributed by atoms with E-state index in [2.05, 4.69) is 10.6 Å². The van der Waals surface area contributed by atoms with Crippen LogP contribution in [0, 0.1) is 0 Å². The van der Waals surface area contributed by atoms with Crippen molar-refractivity contribution < 1.29 is 9.59 Å². The van der Waals surface area contributed by atoms with E-state index in [1.165, 1.54) is 0 Å². The zero-order chi connectivity index (χ0) is 12.0. The minimum atomic E-state index is -0.0694. The Morgan fingerprint density at radius 2 is 2.24 bits per heavy atom. The Hall–Kier alpha value is -0.810. The number of nitrogens with zero attached hydrogens (tertiary/aromatic N) is 1. The number of amides is 2. The summed E-state index contributed by atoms with van der Waals surface area (Å²) in [6.45, 7) is 6.47. The van der Waals surface area contributed by atoms with Crippen LogP contribution in [-0.4, -0.2) is 48.9 Å². The molecular formula is C11H22ClN3O2. The van der Waals surface area contributed by atoms with E-state index in [4.69, 9.17) is 0 Å². The van der Waals surface area contributed by atoms with Crippen LogP contribution >= 0.6 is 12.4 Å². The average molecular weight is 264 g/mol. The molecule has 1 saturated heterocycles. The van der Waals surface area contributed by atoms with Gasteiger partial charge < -0.3 is 15.5 Å². The molecule has 1 atom stereocenters. The normalized spacial score (nSPS) is 16.6. The summed E-state index contributed by atoms with van der Waals surface area (Å²) in [5, 5.41) is 6.03. The fraction of sp³-hybridized carbons (Fsp3) is 0.818. The summed E-state index contributed by atoms with van der Waals surface area (Å²) in [4.78, 5) is 24.4. The number of nitrogens with one attached hydrogen (secondary N) is 2. The summed E-state index contributed by atoms with van der Waals surface area (Å²) in [5.74, 6) is 0.0230. The van der Waals surface area contributed by atoms with E-state index in [1.54, 1.807) is 4.90 Å². The van der Waals surface area contributed by atoms with E-state index >= 15 is 0 Å². The maximum absolute atomic E-state index is 11.5. The first kappa shape index (κ1) is 16.2. The van der Waals surface area contributed by atoms with E-state index < -0.39 is 0 Å². The third kappa shape index (κ3) is 5.89. The van der Waals surface area contributed by atoms with Crippen molar-refractivity contribution in [3.8, 4) is 0 Å². The smallest absolute Gasteiger partial charge is 0.239 e. The Bertz CT molecular complexity index is 261. The Morgan fingerprint density at radius 3 is 2.76 bits per heavy atom. The van der Waals surface area contributed by atoms with Gasteiger partial charge in [0.2, 0.25) is 11.8 Å². The molecule has 1 rings (SSSR count). The molecule has 0 bridgehead atoms. The number of carbonyl (C=O) groups is 2. The molecule has 0 aromatic carbocycles. The fourth-order valence-electron chi connectivity index (χ4n) is 1.79. The highest BCUT2D eigenvalue weighted by Gasteiger charge is 2.22. The second-order valence-corrected chi connectivity index (χ2v) is 4.18. The van der Waals surface area contributed by atoms with Crippen LogP contribution in [0.2, 0.25) is 0 Å². The van der Waals surface area contributed by atoms with Gasteiger partial charge in [0.25, 0.3) is 0 Å². The number of rotatable bonds is 6. The molecule has 2 N–H and O–H groups in total. The van der Waals surface area contributed by atoms with Crippen LogP contribution in [0.15, 0.2) is 0 Å². The molecule has 0 unspecified atom stereocenters. The van der Waals surface area contributed by atoms with Crippen LogP contribution < -0.4 is 10.6 Å². The van der Waals surface area contributed by atoms with Crippen LogP contribution in [0.5, 0.6) is 0 Å². The Balaban J connectivity index is 0.00000256. The summed E-state index contributed by atoms with van der Waals surface area (Å²) in [6, 6.07) is 0.267. The van der Waals surface area contributed by atoms with Crippen LogP contribution in [0.4, 0.5) is 0 Å². The first-order valence-corrected chi connectivity index (χ1v) is 5.91. The average Bonchev–Trinajstić information content (AvgIpc) is 2.62. The minimum absolute atomic E-state index is 0. The van der Waals surface area contributed by atoms with Crippen molar-refractivity contribution in [2.45, 2.75) is 32.7 Å². The van der Waals surface area contributed by atoms with E-state index in [-0.39, 0.29) is 36.8 Å². The molecular weight excluding hydrogens is 242 g/mol. The second kappa shape index (κ2) is 8.31. The Labute approximate surface area is 109 Å². The Morgan fingerprint density at radius 1 is 1.53 bits per heavy atom. The molecule has 0 saturated carbocycles. The molecule has 0 aliphatic carbocycles. The van der Waals surface area contributed by atoms with Gasteiger partial charge in [0.1, 0.15) is 0 Å². The molecule has 100 valence electrons. The summed E-state index contributed by atoms with van der Waals surface area (Å²) in [7, 11) is 0. The number of hydrogen-bond donors (Lipinski definition) is 2. The van der Waals surface area contributed by atoms with E-state index in [0.29, 0.717) is 13.0 Å². The third-order valence-corrected chi connectivity index (χ3v) is 2.66. The van der Waals surface area contributed by atoms with Crippen molar-refractivity contribution >= 4 is 24.2 Å². The molecule has 0 aromatic heterocycles. The van der Waals surface area contributed by atoms with Crippen molar-refractivity contribution in [2.24, 2.45) is 0 Å². The predicted octanol–water partition coefficient (Wildman–Crippen LogP) is 0.145. The summed E-state index contributed by atoms with van der Waals surface area (Å²) >= 11 is 0. The standard InChI is InChI=1S/C11H21N3O2.ClH/c1-3-12-9(2)7-13-10(15)8-14-6-4-5-11(14)16;/h9,12H,3-8H2,1-2H3,(H,13,15);1H/t9-;/m1./s1. The SMILES string of the molecule is CCN[C@H](C)CNC(=O)CN1CCCC1=O.Cl. The summed E-state index contributed by atoms with van der Waals surface area (Å²) in [5.41, 5.74) is 0. The van der Waals surface area contributed by atoms with Crippen molar-refractivity contribution in [3.05, 3.63) is 0 Å². The lowest BCUT2D eigenvalue weighted by atomic mass is 10.3. The lowest BCUT2D eigenvalue weighted by Gasteiger charge is -2.17. The molecule has 0 radical (unpaired) electrons. The topological polar surface area (TPSA) is 61.4 Å². The number of hydrogen-bond acceptors (Lipinski definition) is 3. The van der Waals surface area contributed by atoms with Crippen LogP contribution in [0.25, 0.3) is 0 Å². The van der Waals surface area contributed by atoms with E-state index in [0.717, 1.165) is 19.5 Å². The molecule has 1 aliphatic rings. The molecule has 0 spiro atoms. The number of likely N-dealkylation sites (N-methyl/N-ethyl adjacent to an activating group) is 1. The summed E-state index contributed by atoms with van der Waals surface area (Å²) in [6.07, 6.45) is 1.46. The highest BCUT2D eigenvalue weighted by atomic mass is 35.5. The van der Waals surface area contributed by atoms with Gasteiger partial charge in [-0.2, -0.15) is 0 Å². The van der Waals surface area contributed by atoms with Gasteiger partial charge in [0.15, 0.2) is 0 Å². The molecule has 5 nitrogen and oxygen atoms in total. The van der Waals surface area contributed by atoms with Gasteiger partial charge in [0, 0.05) is 25.6 Å². The minimum Gasteiger partial charge on any atom is -0.353 e. The number of likely N-dealkylation sites (tertiary alicyclic amines) is 1. The van der Waals surface area contributed by atoms with Crippen LogP contribution in [-0.2, 0) is 9.59 Å². The first-order chi connectivity index (χ1) is 7.63. The zero-order valence-corrected chi connectivity index (χ0v) is 11.3. The van der Waals surface area contributed by atoms with Crippen molar-refractivity contribution in [3.63, 3.8) is 0 Å². The summed E-state index contributed by atoms with van der Waals surface area (Å²) < 4.78 is 0. The molecule has 1 heterocycles. The lowest BCUT2D eigenvalue weighted by molar-refractivity contribution is -0.133. The van der Waals surface area contributed by atoms with E-state index in [9.17, 15) is 9.59 Å². The third-order valence-electron chi connectivity index (χ3n) is 2.66. The quantitative estimate of drug-likeness (QED) is 0.717. The molecule has 1 aliphatic heterocycles. The Kier molecular flexibility index (Phi) is 7.91. The highest BCUT2D eigenvalue weighted by molar-refractivity contribution is 5.86. The fourth-order valence-corrected chi connectivity index (χ4v) is 1.79. The van der Waals surface area contributed by atoms with Crippen molar-refractivity contribution in [1.29, 1.82) is 0 Å². The monoisotopic (exact) mass is 263 g/mol. The number of halogens is 1.